The Bertz CT molecular complexity index is 1290. The van der Waals surface area contributed by atoms with Crippen molar-refractivity contribution in [3.63, 3.8) is 0 Å². The van der Waals surface area contributed by atoms with E-state index in [9.17, 15) is 18.0 Å². The van der Waals surface area contributed by atoms with Crippen LogP contribution in [0, 0.1) is 6.92 Å². The van der Waals surface area contributed by atoms with Crippen LogP contribution in [0.4, 0.5) is 5.69 Å². The monoisotopic (exact) mass is 491 g/mol. The molecule has 1 aliphatic rings. The second-order valence-corrected chi connectivity index (χ2v) is 10.4. The first kappa shape index (κ1) is 24.6. The van der Waals surface area contributed by atoms with E-state index in [2.05, 4.69) is 10.0 Å². The van der Waals surface area contributed by atoms with Gasteiger partial charge in [0.25, 0.3) is 0 Å². The number of carbonyl (C=O) groups is 2. The van der Waals surface area contributed by atoms with Crippen LogP contribution in [0.3, 0.4) is 0 Å². The van der Waals surface area contributed by atoms with Crippen molar-refractivity contribution in [3.05, 3.63) is 95.6 Å². The summed E-state index contributed by atoms with van der Waals surface area (Å²) in [6.45, 7) is 2.23. The fraction of sp³-hybridized carbons (Fsp3) is 0.259. The maximum Gasteiger partial charge on any atom is 0.246 e. The summed E-state index contributed by atoms with van der Waals surface area (Å²) in [6, 6.07) is 22.3. The first-order valence-corrected chi connectivity index (χ1v) is 13.1. The lowest BCUT2D eigenvalue weighted by Gasteiger charge is -2.29. The summed E-state index contributed by atoms with van der Waals surface area (Å²) in [6.07, 6.45) is 1.91. The SMILES string of the molecule is Cc1ccc(S(=O)(=O)N[C@@H](Cc2ccccc2)C(=O)NCC(=O)N2CCCc3ccccc32)cc1. The third-order valence-electron chi connectivity index (χ3n) is 6.05. The Labute approximate surface area is 206 Å². The summed E-state index contributed by atoms with van der Waals surface area (Å²) in [5.74, 6) is -0.784. The Hall–Kier alpha value is -3.49. The van der Waals surface area contributed by atoms with Crippen LogP contribution in [0.2, 0.25) is 0 Å². The predicted molar refractivity (Wildman–Crippen MR) is 136 cm³/mol. The van der Waals surface area contributed by atoms with E-state index in [4.69, 9.17) is 0 Å². The molecule has 0 radical (unpaired) electrons. The Kier molecular flexibility index (Phi) is 7.63. The van der Waals surface area contributed by atoms with Gasteiger partial charge in [-0.3, -0.25) is 9.59 Å². The molecule has 1 aliphatic heterocycles. The first-order valence-electron chi connectivity index (χ1n) is 11.6. The summed E-state index contributed by atoms with van der Waals surface area (Å²) in [5, 5.41) is 2.66. The number of nitrogens with one attached hydrogen (secondary N) is 2. The maximum absolute atomic E-state index is 13.1. The third kappa shape index (κ3) is 6.15. The van der Waals surface area contributed by atoms with Crippen LogP contribution in [-0.4, -0.2) is 39.4 Å². The zero-order valence-corrected chi connectivity index (χ0v) is 20.4. The first-order chi connectivity index (χ1) is 16.8. The van der Waals surface area contributed by atoms with Crippen molar-refractivity contribution in [1.82, 2.24) is 10.0 Å². The number of amides is 2. The number of hydrogen-bond donors (Lipinski definition) is 2. The number of anilines is 1. The molecule has 0 unspecified atom stereocenters. The molecule has 3 aromatic rings. The molecule has 0 saturated carbocycles. The predicted octanol–water partition coefficient (Wildman–Crippen LogP) is 2.98. The zero-order chi connectivity index (χ0) is 24.8. The van der Waals surface area contributed by atoms with E-state index < -0.39 is 22.0 Å². The molecular weight excluding hydrogens is 462 g/mol. The van der Waals surface area contributed by atoms with Crippen LogP contribution >= 0.6 is 0 Å². The van der Waals surface area contributed by atoms with Gasteiger partial charge < -0.3 is 10.2 Å². The van der Waals surface area contributed by atoms with Crippen molar-refractivity contribution < 1.29 is 18.0 Å². The minimum absolute atomic E-state index is 0.0787. The lowest BCUT2D eigenvalue weighted by Crippen LogP contribution is -2.50. The number of fused-ring (bicyclic) bond motifs is 1. The van der Waals surface area contributed by atoms with Crippen molar-refractivity contribution in [2.45, 2.75) is 37.1 Å². The highest BCUT2D eigenvalue weighted by Gasteiger charge is 2.28. The molecule has 0 aliphatic carbocycles. The number of rotatable bonds is 8. The fourth-order valence-electron chi connectivity index (χ4n) is 4.18. The summed E-state index contributed by atoms with van der Waals surface area (Å²) in [5.41, 5.74) is 3.70. The van der Waals surface area contributed by atoms with Crippen molar-refractivity contribution in [3.8, 4) is 0 Å². The van der Waals surface area contributed by atoms with Crippen molar-refractivity contribution >= 4 is 27.5 Å². The Morgan fingerprint density at radius 1 is 0.943 bits per heavy atom. The Balaban J connectivity index is 1.48. The van der Waals surface area contributed by atoms with Gasteiger partial charge in [-0.2, -0.15) is 4.72 Å². The molecule has 3 aromatic carbocycles. The number of para-hydroxylation sites is 1. The number of nitrogens with zero attached hydrogens (tertiary/aromatic N) is 1. The minimum atomic E-state index is -3.95. The Morgan fingerprint density at radius 3 is 2.37 bits per heavy atom. The number of benzene rings is 3. The van der Waals surface area contributed by atoms with Gasteiger partial charge in [-0.05, 0) is 55.5 Å². The minimum Gasteiger partial charge on any atom is -0.346 e. The topological polar surface area (TPSA) is 95.6 Å². The van der Waals surface area contributed by atoms with Crippen LogP contribution in [0.5, 0.6) is 0 Å². The van der Waals surface area contributed by atoms with E-state index in [-0.39, 0.29) is 23.8 Å². The second kappa shape index (κ2) is 10.8. The maximum atomic E-state index is 13.1. The van der Waals surface area contributed by atoms with Crippen molar-refractivity contribution in [2.24, 2.45) is 0 Å². The van der Waals surface area contributed by atoms with Gasteiger partial charge in [-0.15, -0.1) is 0 Å². The van der Waals surface area contributed by atoms with E-state index in [0.717, 1.165) is 35.2 Å². The van der Waals surface area contributed by atoms with Crippen LogP contribution in [0.15, 0.2) is 83.8 Å². The van der Waals surface area contributed by atoms with Crippen LogP contribution < -0.4 is 14.9 Å². The molecule has 0 saturated heterocycles. The number of aryl methyl sites for hydroxylation is 2. The van der Waals surface area contributed by atoms with Gasteiger partial charge in [0.1, 0.15) is 6.04 Å². The third-order valence-corrected chi connectivity index (χ3v) is 7.54. The van der Waals surface area contributed by atoms with E-state index in [1.54, 1.807) is 17.0 Å². The van der Waals surface area contributed by atoms with E-state index in [1.165, 1.54) is 12.1 Å². The van der Waals surface area contributed by atoms with E-state index in [0.29, 0.717) is 6.54 Å². The molecule has 7 nitrogen and oxygen atoms in total. The summed E-state index contributed by atoms with van der Waals surface area (Å²) >= 11 is 0. The lowest BCUT2D eigenvalue weighted by atomic mass is 10.0. The molecule has 2 N–H and O–H groups in total. The standard InChI is InChI=1S/C27H29N3O4S/c1-20-13-15-23(16-14-20)35(33,34)29-24(18-21-8-3-2-4-9-21)27(32)28-19-26(31)30-17-7-11-22-10-5-6-12-25(22)30/h2-6,8-10,12-16,24,29H,7,11,17-19H2,1H3,(H,28,32)/t24-/m0/s1. The summed E-state index contributed by atoms with van der Waals surface area (Å²) in [7, 11) is -3.95. The fourth-order valence-corrected chi connectivity index (χ4v) is 5.38. The van der Waals surface area contributed by atoms with Crippen LogP contribution in [0.1, 0.15) is 23.1 Å². The Morgan fingerprint density at radius 2 is 1.63 bits per heavy atom. The highest BCUT2D eigenvalue weighted by Crippen LogP contribution is 2.26. The van der Waals surface area contributed by atoms with Gasteiger partial charge in [0.2, 0.25) is 21.8 Å². The van der Waals surface area contributed by atoms with E-state index >= 15 is 0 Å². The summed E-state index contributed by atoms with van der Waals surface area (Å²) < 4.78 is 28.5. The molecule has 0 fully saturated rings. The average Bonchev–Trinajstić information content (AvgIpc) is 2.87. The molecule has 2 amide bonds. The highest BCUT2D eigenvalue weighted by molar-refractivity contribution is 7.89. The molecule has 0 bridgehead atoms. The molecular formula is C27H29N3O4S. The van der Waals surface area contributed by atoms with Crippen molar-refractivity contribution in [1.29, 1.82) is 0 Å². The molecule has 182 valence electrons. The average molecular weight is 492 g/mol. The molecule has 4 rings (SSSR count). The van der Waals surface area contributed by atoms with Crippen LogP contribution in [-0.2, 0) is 32.5 Å². The molecule has 8 heteroatoms. The summed E-state index contributed by atoms with van der Waals surface area (Å²) in [4.78, 5) is 27.9. The van der Waals surface area contributed by atoms with Crippen molar-refractivity contribution in [2.75, 3.05) is 18.0 Å². The van der Waals surface area contributed by atoms with Gasteiger partial charge in [-0.1, -0.05) is 66.2 Å². The molecule has 1 atom stereocenters. The van der Waals surface area contributed by atoms with Gasteiger partial charge >= 0.3 is 0 Å². The van der Waals surface area contributed by atoms with E-state index in [1.807, 2.05) is 61.5 Å². The number of hydrogen-bond acceptors (Lipinski definition) is 4. The highest BCUT2D eigenvalue weighted by atomic mass is 32.2. The smallest absolute Gasteiger partial charge is 0.246 e. The largest absolute Gasteiger partial charge is 0.346 e. The normalized spacial score (nSPS) is 14.1. The van der Waals surface area contributed by atoms with Gasteiger partial charge in [0.05, 0.1) is 11.4 Å². The van der Waals surface area contributed by atoms with Crippen LogP contribution in [0.25, 0.3) is 0 Å². The quantitative estimate of drug-likeness (QED) is 0.506. The zero-order valence-electron chi connectivity index (χ0n) is 19.6. The number of carbonyl (C=O) groups excluding carboxylic acids is 2. The molecule has 0 aromatic heterocycles. The molecule has 1 heterocycles. The van der Waals surface area contributed by atoms with Gasteiger partial charge in [-0.25, -0.2) is 8.42 Å². The van der Waals surface area contributed by atoms with Gasteiger partial charge in [0, 0.05) is 12.2 Å². The second-order valence-electron chi connectivity index (χ2n) is 8.67. The van der Waals surface area contributed by atoms with Gasteiger partial charge in [0.15, 0.2) is 0 Å². The lowest BCUT2D eigenvalue weighted by molar-refractivity contribution is -0.126. The molecule has 0 spiro atoms. The molecule has 35 heavy (non-hydrogen) atoms. The number of sulfonamides is 1.